The van der Waals surface area contributed by atoms with Crippen LogP contribution in [0.2, 0.25) is 0 Å². The Balaban J connectivity index is 1.99. The molecule has 0 radical (unpaired) electrons. The van der Waals surface area contributed by atoms with Crippen molar-refractivity contribution in [1.82, 2.24) is 4.67 Å². The first-order valence-electron chi connectivity index (χ1n) is 8.18. The summed E-state index contributed by atoms with van der Waals surface area (Å²) in [6.45, 7) is 2.83. The molecular weight excluding hydrogens is 305 g/mol. The molecule has 122 valence electrons. The van der Waals surface area contributed by atoms with Crippen molar-refractivity contribution in [2.75, 3.05) is 13.6 Å². The lowest BCUT2D eigenvalue weighted by Gasteiger charge is -2.40. The van der Waals surface area contributed by atoms with Crippen molar-refractivity contribution < 1.29 is 9.09 Å². The third-order valence-corrected chi connectivity index (χ3v) is 7.60. The molecule has 0 unspecified atom stereocenters. The van der Waals surface area contributed by atoms with Gasteiger partial charge in [-0.15, -0.1) is 0 Å². The van der Waals surface area contributed by atoms with Gasteiger partial charge in [-0.25, -0.2) is 4.67 Å². The quantitative estimate of drug-likeness (QED) is 0.747. The van der Waals surface area contributed by atoms with Gasteiger partial charge in [-0.2, -0.15) is 0 Å². The van der Waals surface area contributed by atoms with Crippen LogP contribution in [0, 0.1) is 0 Å². The van der Waals surface area contributed by atoms with Crippen LogP contribution in [0.25, 0.3) is 0 Å². The van der Waals surface area contributed by atoms with E-state index < -0.39 is 7.52 Å². The van der Waals surface area contributed by atoms with E-state index >= 15 is 0 Å². The van der Waals surface area contributed by atoms with Crippen molar-refractivity contribution in [3.63, 3.8) is 0 Å². The molecule has 0 saturated carbocycles. The molecule has 0 amide bonds. The predicted molar refractivity (Wildman–Crippen MR) is 94.7 cm³/mol. The van der Waals surface area contributed by atoms with Gasteiger partial charge in [0.15, 0.2) is 0 Å². The molecule has 1 aliphatic heterocycles. The zero-order valence-electron chi connectivity index (χ0n) is 13.8. The SMILES string of the molecule is C[C@H]1CCN(C)[P@@](=O)([C@H](Cc2ccccc2)c2ccccc2)O1. The van der Waals surface area contributed by atoms with Crippen molar-refractivity contribution in [2.45, 2.75) is 31.5 Å². The highest BCUT2D eigenvalue weighted by molar-refractivity contribution is 7.57. The fourth-order valence-corrected chi connectivity index (χ4v) is 5.93. The zero-order chi connectivity index (χ0) is 16.3. The van der Waals surface area contributed by atoms with Crippen molar-refractivity contribution in [2.24, 2.45) is 0 Å². The molecule has 23 heavy (non-hydrogen) atoms. The molecule has 0 bridgehead atoms. The largest absolute Gasteiger partial charge is 0.314 e. The first kappa shape index (κ1) is 16.4. The molecular formula is C19H24NO2P. The molecule has 0 aliphatic carbocycles. The van der Waals surface area contributed by atoms with Gasteiger partial charge >= 0.3 is 0 Å². The van der Waals surface area contributed by atoms with Gasteiger partial charge in [0.1, 0.15) is 0 Å². The molecule has 0 aromatic heterocycles. The number of hydrogen-bond donors (Lipinski definition) is 0. The van der Waals surface area contributed by atoms with E-state index in [1.165, 1.54) is 5.56 Å². The lowest BCUT2D eigenvalue weighted by atomic mass is 10.0. The van der Waals surface area contributed by atoms with E-state index in [4.69, 9.17) is 4.52 Å². The molecule has 1 heterocycles. The number of nitrogens with zero attached hydrogens (tertiary/aromatic N) is 1. The summed E-state index contributed by atoms with van der Waals surface area (Å²) in [6, 6.07) is 20.4. The zero-order valence-corrected chi connectivity index (χ0v) is 14.7. The summed E-state index contributed by atoms with van der Waals surface area (Å²) < 4.78 is 21.8. The maximum Gasteiger partial charge on any atom is 0.280 e. The predicted octanol–water partition coefficient (Wildman–Crippen LogP) is 4.90. The third-order valence-electron chi connectivity index (χ3n) is 4.52. The van der Waals surface area contributed by atoms with Crippen LogP contribution in [0.15, 0.2) is 60.7 Å². The van der Waals surface area contributed by atoms with Crippen molar-refractivity contribution in [1.29, 1.82) is 0 Å². The van der Waals surface area contributed by atoms with Gasteiger partial charge in [-0.1, -0.05) is 60.7 Å². The van der Waals surface area contributed by atoms with E-state index in [1.54, 1.807) is 0 Å². The summed E-state index contributed by atoms with van der Waals surface area (Å²) in [4.78, 5) is 0. The summed E-state index contributed by atoms with van der Waals surface area (Å²) in [5.74, 6) is 0. The van der Waals surface area contributed by atoms with E-state index in [2.05, 4.69) is 24.3 Å². The summed E-state index contributed by atoms with van der Waals surface area (Å²) >= 11 is 0. The van der Waals surface area contributed by atoms with Gasteiger partial charge in [-0.3, -0.25) is 4.57 Å². The second-order valence-corrected chi connectivity index (χ2v) is 8.91. The van der Waals surface area contributed by atoms with Crippen LogP contribution in [0.3, 0.4) is 0 Å². The smallest absolute Gasteiger partial charge is 0.280 e. The molecule has 3 rings (SSSR count). The molecule has 0 N–H and O–H groups in total. The number of hydrogen-bond acceptors (Lipinski definition) is 2. The highest BCUT2D eigenvalue weighted by Gasteiger charge is 2.43. The molecule has 2 aromatic carbocycles. The molecule has 4 heteroatoms. The van der Waals surface area contributed by atoms with Crippen molar-refractivity contribution in [3.8, 4) is 0 Å². The van der Waals surface area contributed by atoms with Crippen LogP contribution in [-0.2, 0) is 15.5 Å². The minimum absolute atomic E-state index is 0.0408. The summed E-state index contributed by atoms with van der Waals surface area (Å²) in [5, 5.41) is 0. The molecule has 0 spiro atoms. The molecule has 3 nitrogen and oxygen atoms in total. The molecule has 1 aliphatic rings. The second-order valence-electron chi connectivity index (χ2n) is 6.27. The van der Waals surface area contributed by atoms with E-state index in [0.29, 0.717) is 0 Å². The van der Waals surface area contributed by atoms with Gasteiger partial charge in [0, 0.05) is 6.54 Å². The summed E-state index contributed by atoms with van der Waals surface area (Å²) in [6.07, 6.45) is 1.69. The first-order valence-corrected chi connectivity index (χ1v) is 9.83. The van der Waals surface area contributed by atoms with Gasteiger partial charge in [0.2, 0.25) is 0 Å². The van der Waals surface area contributed by atoms with Crippen LogP contribution < -0.4 is 0 Å². The van der Waals surface area contributed by atoms with E-state index in [-0.39, 0.29) is 11.8 Å². The fraction of sp³-hybridized carbons (Fsp3) is 0.368. The maximum atomic E-state index is 13.8. The molecule has 1 fully saturated rings. The average Bonchev–Trinajstić information content (AvgIpc) is 2.58. The second kappa shape index (κ2) is 7.00. The van der Waals surface area contributed by atoms with Crippen LogP contribution >= 0.6 is 7.52 Å². The van der Waals surface area contributed by atoms with Gasteiger partial charge < -0.3 is 4.52 Å². The normalized spacial score (nSPS) is 26.8. The number of benzene rings is 2. The summed E-state index contributed by atoms with van der Waals surface area (Å²) in [7, 11) is -1.00. The Bertz CT molecular complexity index is 674. The Morgan fingerprint density at radius 3 is 2.39 bits per heavy atom. The third kappa shape index (κ3) is 3.58. The molecule has 2 aromatic rings. The van der Waals surface area contributed by atoms with Crippen LogP contribution in [-0.4, -0.2) is 24.4 Å². The van der Waals surface area contributed by atoms with Crippen molar-refractivity contribution in [3.05, 3.63) is 71.8 Å². The minimum atomic E-state index is -2.92. The van der Waals surface area contributed by atoms with E-state index in [1.807, 2.05) is 55.0 Å². The van der Waals surface area contributed by atoms with Gasteiger partial charge in [-0.05, 0) is 37.9 Å². The standard InChI is InChI=1S/C19H24NO2P/c1-16-13-14-20(2)23(21,22-16)19(18-11-7-4-8-12-18)15-17-9-5-3-6-10-17/h3-12,16,19H,13-15H2,1-2H3/t16-,19+,23+/m0/s1. The Morgan fingerprint density at radius 1 is 1.13 bits per heavy atom. The molecule has 1 saturated heterocycles. The van der Waals surface area contributed by atoms with E-state index in [9.17, 15) is 4.57 Å². The minimum Gasteiger partial charge on any atom is -0.314 e. The van der Waals surface area contributed by atoms with Gasteiger partial charge in [0.05, 0.1) is 11.8 Å². The Labute approximate surface area is 138 Å². The monoisotopic (exact) mass is 329 g/mol. The number of rotatable bonds is 4. The first-order chi connectivity index (χ1) is 11.1. The molecule has 3 atom stereocenters. The van der Waals surface area contributed by atoms with Crippen molar-refractivity contribution >= 4 is 7.52 Å². The van der Waals surface area contributed by atoms with E-state index in [0.717, 1.165) is 24.9 Å². The summed E-state index contributed by atoms with van der Waals surface area (Å²) in [5.41, 5.74) is 2.13. The van der Waals surface area contributed by atoms with Crippen LogP contribution in [0.5, 0.6) is 0 Å². The van der Waals surface area contributed by atoms with Gasteiger partial charge in [0.25, 0.3) is 7.52 Å². The maximum absolute atomic E-state index is 13.8. The van der Waals surface area contributed by atoms with Crippen LogP contribution in [0.1, 0.15) is 30.1 Å². The highest BCUT2D eigenvalue weighted by atomic mass is 31.2. The average molecular weight is 329 g/mol. The topological polar surface area (TPSA) is 29.5 Å². The Hall–Kier alpha value is -1.41. The fourth-order valence-electron chi connectivity index (χ4n) is 3.14. The lowest BCUT2D eigenvalue weighted by Crippen LogP contribution is -2.32. The Morgan fingerprint density at radius 2 is 1.74 bits per heavy atom. The highest BCUT2D eigenvalue weighted by Crippen LogP contribution is 2.65. The lowest BCUT2D eigenvalue weighted by molar-refractivity contribution is 0.144. The van der Waals surface area contributed by atoms with Crippen LogP contribution in [0.4, 0.5) is 0 Å². The Kier molecular flexibility index (Phi) is 5.01.